The molecule has 68 valence electrons. The molecule has 0 aromatic carbocycles. The molecule has 1 amide bonds. The van der Waals surface area contributed by atoms with Gasteiger partial charge in [-0.05, 0) is 6.42 Å². The maximum absolute atomic E-state index is 10.5. The minimum atomic E-state index is -1.39. The summed E-state index contributed by atoms with van der Waals surface area (Å²) in [6.07, 6.45) is -0.946. The molecule has 0 saturated carbocycles. The number of carbonyl (C=O) groups is 2. The Bertz CT molecular complexity index is 230. The van der Waals surface area contributed by atoms with Crippen LogP contribution in [-0.4, -0.2) is 45.8 Å². The summed E-state index contributed by atoms with van der Waals surface area (Å²) < 4.78 is 0. The standard InChI is InChI=1S/C6H10N2O4/c7-6(4(9)10)1-2-8(3-6)5(11)12/h1-3,7H2,(H,9,10)(H,11,12)/t6-/m0/s1. The van der Waals surface area contributed by atoms with E-state index in [1.165, 1.54) is 0 Å². The molecule has 1 aliphatic rings. The van der Waals surface area contributed by atoms with Crippen molar-refractivity contribution in [3.63, 3.8) is 0 Å². The van der Waals surface area contributed by atoms with Gasteiger partial charge in [-0.15, -0.1) is 0 Å². The van der Waals surface area contributed by atoms with Crippen LogP contribution in [0, 0.1) is 0 Å². The third kappa shape index (κ3) is 1.33. The summed E-state index contributed by atoms with van der Waals surface area (Å²) in [6, 6.07) is 0. The summed E-state index contributed by atoms with van der Waals surface area (Å²) in [7, 11) is 0. The zero-order valence-electron chi connectivity index (χ0n) is 6.36. The van der Waals surface area contributed by atoms with Crippen molar-refractivity contribution in [3.8, 4) is 0 Å². The highest BCUT2D eigenvalue weighted by Crippen LogP contribution is 2.18. The van der Waals surface area contributed by atoms with E-state index in [4.69, 9.17) is 15.9 Å². The second-order valence-electron chi connectivity index (χ2n) is 2.92. The molecule has 1 aliphatic heterocycles. The lowest BCUT2D eigenvalue weighted by Gasteiger charge is -2.17. The molecule has 0 unspecified atom stereocenters. The molecule has 0 aliphatic carbocycles. The zero-order chi connectivity index (χ0) is 9.35. The summed E-state index contributed by atoms with van der Waals surface area (Å²) in [4.78, 5) is 21.9. The molecule has 12 heavy (non-hydrogen) atoms. The summed E-state index contributed by atoms with van der Waals surface area (Å²) in [6.45, 7) is 0.0653. The Labute approximate surface area is 68.6 Å². The SMILES string of the molecule is N[C@@]1(C(=O)O)CCN(C(=O)O)C1. The Morgan fingerprint density at radius 1 is 1.42 bits per heavy atom. The van der Waals surface area contributed by atoms with Gasteiger partial charge in [0.15, 0.2) is 0 Å². The molecule has 4 N–H and O–H groups in total. The van der Waals surface area contributed by atoms with E-state index < -0.39 is 17.6 Å². The summed E-state index contributed by atoms with van der Waals surface area (Å²) in [5.74, 6) is -1.15. The van der Waals surface area contributed by atoms with Gasteiger partial charge in [0.25, 0.3) is 0 Å². The largest absolute Gasteiger partial charge is 0.480 e. The molecule has 0 spiro atoms. The van der Waals surface area contributed by atoms with Crippen molar-refractivity contribution in [2.24, 2.45) is 5.73 Å². The van der Waals surface area contributed by atoms with Crippen molar-refractivity contribution in [1.29, 1.82) is 0 Å². The lowest BCUT2D eigenvalue weighted by atomic mass is 10.0. The summed E-state index contributed by atoms with van der Waals surface area (Å²) in [5, 5.41) is 17.1. The highest BCUT2D eigenvalue weighted by Gasteiger charge is 2.42. The highest BCUT2D eigenvalue weighted by atomic mass is 16.4. The van der Waals surface area contributed by atoms with Crippen molar-refractivity contribution in [3.05, 3.63) is 0 Å². The number of carboxylic acid groups (broad SMARTS) is 2. The Morgan fingerprint density at radius 3 is 2.25 bits per heavy atom. The Morgan fingerprint density at radius 2 is 2.00 bits per heavy atom. The maximum Gasteiger partial charge on any atom is 0.407 e. The molecule has 1 fully saturated rings. The molecule has 6 heteroatoms. The van der Waals surface area contributed by atoms with Gasteiger partial charge in [-0.2, -0.15) is 0 Å². The molecule has 1 heterocycles. The number of likely N-dealkylation sites (tertiary alicyclic amines) is 1. The quantitative estimate of drug-likeness (QED) is 0.480. The number of hydrogen-bond acceptors (Lipinski definition) is 3. The van der Waals surface area contributed by atoms with Crippen LogP contribution >= 0.6 is 0 Å². The Balaban J connectivity index is 2.67. The zero-order valence-corrected chi connectivity index (χ0v) is 6.36. The topological polar surface area (TPSA) is 104 Å². The van der Waals surface area contributed by atoms with Crippen molar-refractivity contribution >= 4 is 12.1 Å². The Hall–Kier alpha value is -1.30. The minimum absolute atomic E-state index is 0.127. The first-order chi connectivity index (χ1) is 5.46. The number of amides is 1. The molecule has 6 nitrogen and oxygen atoms in total. The third-order valence-electron chi connectivity index (χ3n) is 2.00. The monoisotopic (exact) mass is 174 g/mol. The first-order valence-electron chi connectivity index (χ1n) is 3.46. The number of hydrogen-bond donors (Lipinski definition) is 3. The van der Waals surface area contributed by atoms with Crippen molar-refractivity contribution in [2.75, 3.05) is 13.1 Å². The van der Waals surface area contributed by atoms with Crippen LogP contribution in [0.25, 0.3) is 0 Å². The van der Waals surface area contributed by atoms with E-state index >= 15 is 0 Å². The summed E-state index contributed by atoms with van der Waals surface area (Å²) in [5.41, 5.74) is 4.04. The van der Waals surface area contributed by atoms with Gasteiger partial charge >= 0.3 is 12.1 Å². The predicted molar refractivity (Wildman–Crippen MR) is 38.8 cm³/mol. The first-order valence-corrected chi connectivity index (χ1v) is 3.46. The molecular weight excluding hydrogens is 164 g/mol. The molecule has 0 bridgehead atoms. The van der Waals surface area contributed by atoms with Crippen LogP contribution in [0.2, 0.25) is 0 Å². The van der Waals surface area contributed by atoms with E-state index in [0.29, 0.717) is 0 Å². The van der Waals surface area contributed by atoms with Gasteiger partial charge in [-0.3, -0.25) is 4.79 Å². The molecule has 0 radical (unpaired) electrons. The van der Waals surface area contributed by atoms with Crippen LogP contribution in [0.1, 0.15) is 6.42 Å². The molecule has 1 rings (SSSR count). The molecular formula is C6H10N2O4. The Kier molecular flexibility index (Phi) is 1.93. The average Bonchev–Trinajstić information content (AvgIpc) is 2.33. The van der Waals surface area contributed by atoms with Crippen LogP contribution in [0.3, 0.4) is 0 Å². The number of aliphatic carboxylic acids is 1. The molecule has 1 saturated heterocycles. The van der Waals surface area contributed by atoms with Crippen LogP contribution in [0.15, 0.2) is 0 Å². The molecule has 1 atom stereocenters. The number of nitrogens with two attached hydrogens (primary N) is 1. The van der Waals surface area contributed by atoms with Gasteiger partial charge in [-0.1, -0.05) is 0 Å². The van der Waals surface area contributed by atoms with Gasteiger partial charge < -0.3 is 20.8 Å². The van der Waals surface area contributed by atoms with Crippen molar-refractivity contribution < 1.29 is 19.8 Å². The van der Waals surface area contributed by atoms with E-state index in [0.717, 1.165) is 4.90 Å². The van der Waals surface area contributed by atoms with Gasteiger partial charge in [0.05, 0.1) is 6.54 Å². The van der Waals surface area contributed by atoms with Gasteiger partial charge in [-0.25, -0.2) is 4.79 Å². The second-order valence-corrected chi connectivity index (χ2v) is 2.92. The van der Waals surface area contributed by atoms with Gasteiger partial charge in [0, 0.05) is 6.54 Å². The van der Waals surface area contributed by atoms with Crippen LogP contribution in [0.5, 0.6) is 0 Å². The van der Waals surface area contributed by atoms with Crippen molar-refractivity contribution in [1.82, 2.24) is 4.90 Å². The fourth-order valence-electron chi connectivity index (χ4n) is 1.17. The molecule has 0 aromatic heterocycles. The van der Waals surface area contributed by atoms with E-state index in [2.05, 4.69) is 0 Å². The highest BCUT2D eigenvalue weighted by molar-refractivity contribution is 5.80. The van der Waals surface area contributed by atoms with Crippen LogP contribution in [-0.2, 0) is 4.79 Å². The van der Waals surface area contributed by atoms with Gasteiger partial charge in [0.1, 0.15) is 5.54 Å². The lowest BCUT2D eigenvalue weighted by molar-refractivity contribution is -0.142. The fourth-order valence-corrected chi connectivity index (χ4v) is 1.17. The third-order valence-corrected chi connectivity index (χ3v) is 2.00. The number of rotatable bonds is 1. The second kappa shape index (κ2) is 2.63. The van der Waals surface area contributed by atoms with E-state index in [1.807, 2.05) is 0 Å². The smallest absolute Gasteiger partial charge is 0.407 e. The number of nitrogens with zero attached hydrogens (tertiary/aromatic N) is 1. The molecule has 0 aromatic rings. The fraction of sp³-hybridized carbons (Fsp3) is 0.667. The van der Waals surface area contributed by atoms with E-state index in [1.54, 1.807) is 0 Å². The van der Waals surface area contributed by atoms with Crippen molar-refractivity contribution in [2.45, 2.75) is 12.0 Å². The maximum atomic E-state index is 10.5. The predicted octanol–water partition coefficient (Wildman–Crippen LogP) is -0.848. The first kappa shape index (κ1) is 8.79. The normalized spacial score (nSPS) is 28.9. The average molecular weight is 174 g/mol. The van der Waals surface area contributed by atoms with E-state index in [9.17, 15) is 9.59 Å². The van der Waals surface area contributed by atoms with Gasteiger partial charge in [0.2, 0.25) is 0 Å². The van der Waals surface area contributed by atoms with E-state index in [-0.39, 0.29) is 19.5 Å². The lowest BCUT2D eigenvalue weighted by Crippen LogP contribution is -2.50. The summed E-state index contributed by atoms with van der Waals surface area (Å²) >= 11 is 0. The minimum Gasteiger partial charge on any atom is -0.480 e. The van der Waals surface area contributed by atoms with Crippen LogP contribution in [0.4, 0.5) is 4.79 Å². The number of carboxylic acids is 1. The van der Waals surface area contributed by atoms with Crippen LogP contribution < -0.4 is 5.73 Å².